The van der Waals surface area contributed by atoms with Crippen molar-refractivity contribution in [1.29, 1.82) is 0 Å². The van der Waals surface area contributed by atoms with Crippen molar-refractivity contribution in [2.24, 2.45) is 0 Å². The van der Waals surface area contributed by atoms with Crippen molar-refractivity contribution in [1.82, 2.24) is 0 Å². The Morgan fingerprint density at radius 1 is 1.07 bits per heavy atom. The topological polar surface area (TPSA) is 26.3 Å². The number of hydrogen-bond donors (Lipinski definition) is 0. The third-order valence-electron chi connectivity index (χ3n) is 2.35. The summed E-state index contributed by atoms with van der Waals surface area (Å²) in [5.74, 6) is -0.208. The van der Waals surface area contributed by atoms with E-state index in [0.717, 1.165) is 25.7 Å². The summed E-state index contributed by atoms with van der Waals surface area (Å²) < 4.78 is 5.06. The highest BCUT2D eigenvalue weighted by molar-refractivity contribution is 5.87. The van der Waals surface area contributed by atoms with Crippen molar-refractivity contribution < 1.29 is 9.53 Å². The van der Waals surface area contributed by atoms with Crippen LogP contribution in [0.2, 0.25) is 0 Å². The predicted octanol–water partition coefficient (Wildman–Crippen LogP) is 3.86. The first-order chi connectivity index (χ1) is 7.22. The van der Waals surface area contributed by atoms with E-state index in [9.17, 15) is 4.79 Å². The molecule has 88 valence electrons. The molecule has 15 heavy (non-hydrogen) atoms. The van der Waals surface area contributed by atoms with Crippen LogP contribution < -0.4 is 0 Å². The van der Waals surface area contributed by atoms with Crippen molar-refractivity contribution in [2.75, 3.05) is 6.61 Å². The van der Waals surface area contributed by atoms with Gasteiger partial charge in [-0.05, 0) is 19.3 Å². The minimum absolute atomic E-state index is 0.208. The van der Waals surface area contributed by atoms with Crippen LogP contribution in [0.5, 0.6) is 0 Å². The Balaban J connectivity index is 3.47. The second-order valence-corrected chi connectivity index (χ2v) is 3.90. The fourth-order valence-corrected chi connectivity index (χ4v) is 1.28. The van der Waals surface area contributed by atoms with Crippen LogP contribution in [0.1, 0.15) is 58.8 Å². The third-order valence-corrected chi connectivity index (χ3v) is 2.35. The smallest absolute Gasteiger partial charge is 0.333 e. The Morgan fingerprint density at radius 3 is 2.33 bits per heavy atom. The lowest BCUT2D eigenvalue weighted by Crippen LogP contribution is -2.08. The number of carbonyl (C=O) groups excluding carboxylic acids is 1. The summed E-state index contributed by atoms with van der Waals surface area (Å²) >= 11 is 0. The lowest BCUT2D eigenvalue weighted by Gasteiger charge is -2.06. The molecule has 0 bridgehead atoms. The molecule has 0 radical (unpaired) electrons. The first-order valence-corrected chi connectivity index (χ1v) is 6.07. The zero-order valence-electron chi connectivity index (χ0n) is 10.2. The molecule has 0 aromatic carbocycles. The molecule has 0 fully saturated rings. The number of rotatable bonds is 9. The van der Waals surface area contributed by atoms with Gasteiger partial charge in [0.1, 0.15) is 0 Å². The molecule has 0 aromatic rings. The molecule has 2 heteroatoms. The maximum absolute atomic E-state index is 11.4. The SMILES string of the molecule is C=C(CCCCCC)C(=O)OCCCC. The van der Waals surface area contributed by atoms with Gasteiger partial charge in [-0.25, -0.2) is 4.79 Å². The number of hydrogen-bond acceptors (Lipinski definition) is 2. The second kappa shape index (κ2) is 9.75. The zero-order chi connectivity index (χ0) is 11.5. The van der Waals surface area contributed by atoms with Crippen LogP contribution in [0.3, 0.4) is 0 Å². The fourth-order valence-electron chi connectivity index (χ4n) is 1.28. The van der Waals surface area contributed by atoms with Crippen molar-refractivity contribution >= 4 is 5.97 Å². The summed E-state index contributed by atoms with van der Waals surface area (Å²) in [7, 11) is 0. The zero-order valence-corrected chi connectivity index (χ0v) is 10.2. The van der Waals surface area contributed by atoms with Gasteiger partial charge in [0.05, 0.1) is 6.61 Å². The largest absolute Gasteiger partial charge is 0.462 e. The lowest BCUT2D eigenvalue weighted by atomic mass is 10.1. The van der Waals surface area contributed by atoms with E-state index in [1.165, 1.54) is 19.3 Å². The summed E-state index contributed by atoms with van der Waals surface area (Å²) in [6.07, 6.45) is 7.45. The molecule has 0 N–H and O–H groups in total. The van der Waals surface area contributed by atoms with Crippen LogP contribution in [0.4, 0.5) is 0 Å². The molecule has 0 aliphatic carbocycles. The van der Waals surface area contributed by atoms with Gasteiger partial charge in [-0.2, -0.15) is 0 Å². The minimum atomic E-state index is -0.208. The quantitative estimate of drug-likeness (QED) is 0.329. The molecule has 0 unspecified atom stereocenters. The van der Waals surface area contributed by atoms with Gasteiger partial charge in [0.2, 0.25) is 0 Å². The first kappa shape index (κ1) is 14.2. The summed E-state index contributed by atoms with van der Waals surface area (Å²) in [5, 5.41) is 0. The van der Waals surface area contributed by atoms with Gasteiger partial charge in [0.15, 0.2) is 0 Å². The van der Waals surface area contributed by atoms with Crippen LogP contribution in [-0.2, 0) is 9.53 Å². The molecule has 0 rings (SSSR count). The second-order valence-electron chi connectivity index (χ2n) is 3.90. The van der Waals surface area contributed by atoms with E-state index < -0.39 is 0 Å². The fraction of sp³-hybridized carbons (Fsp3) is 0.769. The molecule has 0 heterocycles. The summed E-state index contributed by atoms with van der Waals surface area (Å²) in [4.78, 5) is 11.4. The van der Waals surface area contributed by atoms with Crippen LogP contribution in [-0.4, -0.2) is 12.6 Å². The highest BCUT2D eigenvalue weighted by atomic mass is 16.5. The molecule has 0 amide bonds. The summed E-state index contributed by atoms with van der Waals surface area (Å²) in [5.41, 5.74) is 0.627. The normalized spacial score (nSPS) is 10.0. The Kier molecular flexibility index (Phi) is 9.24. The van der Waals surface area contributed by atoms with Crippen molar-refractivity contribution in [3.05, 3.63) is 12.2 Å². The number of esters is 1. The molecule has 0 aromatic heterocycles. The molecule has 0 saturated heterocycles. The molecule has 0 atom stereocenters. The average molecular weight is 212 g/mol. The molecule has 0 saturated carbocycles. The van der Waals surface area contributed by atoms with Crippen molar-refractivity contribution in [3.63, 3.8) is 0 Å². The molecule has 2 nitrogen and oxygen atoms in total. The maximum atomic E-state index is 11.4. The van der Waals surface area contributed by atoms with E-state index >= 15 is 0 Å². The molecule has 0 aliphatic rings. The van der Waals surface area contributed by atoms with E-state index in [2.05, 4.69) is 20.4 Å². The van der Waals surface area contributed by atoms with Crippen LogP contribution in [0, 0.1) is 0 Å². The summed E-state index contributed by atoms with van der Waals surface area (Å²) in [6, 6.07) is 0. The minimum Gasteiger partial charge on any atom is -0.462 e. The van der Waals surface area contributed by atoms with Crippen LogP contribution >= 0.6 is 0 Å². The van der Waals surface area contributed by atoms with E-state index in [-0.39, 0.29) is 5.97 Å². The summed E-state index contributed by atoms with van der Waals surface area (Å²) in [6.45, 7) is 8.54. The van der Waals surface area contributed by atoms with Gasteiger partial charge in [0.25, 0.3) is 0 Å². The van der Waals surface area contributed by atoms with Gasteiger partial charge in [-0.3, -0.25) is 0 Å². The standard InChI is InChI=1S/C13H24O2/c1-4-6-8-9-10-12(3)13(14)15-11-7-5-2/h3-11H2,1-2H3. The molecular formula is C13H24O2. The van der Waals surface area contributed by atoms with Gasteiger partial charge in [-0.15, -0.1) is 0 Å². The van der Waals surface area contributed by atoms with E-state index in [4.69, 9.17) is 4.74 Å². The predicted molar refractivity (Wildman–Crippen MR) is 63.8 cm³/mol. The highest BCUT2D eigenvalue weighted by Crippen LogP contribution is 2.10. The highest BCUT2D eigenvalue weighted by Gasteiger charge is 2.07. The van der Waals surface area contributed by atoms with E-state index in [0.29, 0.717) is 12.2 Å². The van der Waals surface area contributed by atoms with E-state index in [1.807, 2.05) is 0 Å². The number of unbranched alkanes of at least 4 members (excludes halogenated alkanes) is 4. The average Bonchev–Trinajstić information content (AvgIpc) is 2.24. The van der Waals surface area contributed by atoms with Crippen molar-refractivity contribution in [3.8, 4) is 0 Å². The monoisotopic (exact) mass is 212 g/mol. The number of carbonyl (C=O) groups is 1. The molecular weight excluding hydrogens is 188 g/mol. The Morgan fingerprint density at radius 2 is 1.73 bits per heavy atom. The van der Waals surface area contributed by atoms with Gasteiger partial charge in [-0.1, -0.05) is 46.1 Å². The van der Waals surface area contributed by atoms with E-state index in [1.54, 1.807) is 0 Å². The Labute approximate surface area is 93.7 Å². The van der Waals surface area contributed by atoms with Gasteiger partial charge < -0.3 is 4.74 Å². The lowest BCUT2D eigenvalue weighted by molar-refractivity contribution is -0.139. The Bertz CT molecular complexity index is 185. The van der Waals surface area contributed by atoms with Gasteiger partial charge in [0, 0.05) is 5.57 Å². The van der Waals surface area contributed by atoms with Crippen LogP contribution in [0.25, 0.3) is 0 Å². The maximum Gasteiger partial charge on any atom is 0.333 e. The van der Waals surface area contributed by atoms with Crippen molar-refractivity contribution in [2.45, 2.75) is 58.8 Å². The van der Waals surface area contributed by atoms with Gasteiger partial charge >= 0.3 is 5.97 Å². The Hall–Kier alpha value is -0.790. The molecule has 0 spiro atoms. The number of ether oxygens (including phenoxy) is 1. The molecule has 0 aliphatic heterocycles. The third kappa shape index (κ3) is 8.22. The van der Waals surface area contributed by atoms with Crippen LogP contribution in [0.15, 0.2) is 12.2 Å². The first-order valence-electron chi connectivity index (χ1n) is 6.07.